The molecule has 1 heterocycles. The number of hydrogen-bond donors (Lipinski definition) is 2. The SMILES string of the molecule is O=C(Nc1ccc(OCc2ccccc2)cc1)N1CCSC(=NO)C1=O. The Hall–Kier alpha value is -3.00. The zero-order valence-electron chi connectivity index (χ0n) is 13.8. The summed E-state index contributed by atoms with van der Waals surface area (Å²) in [5.74, 6) is 0.557. The number of urea groups is 1. The van der Waals surface area contributed by atoms with Gasteiger partial charge in [-0.3, -0.25) is 9.69 Å². The first-order valence-corrected chi connectivity index (χ1v) is 8.90. The molecule has 134 valence electrons. The Balaban J connectivity index is 1.57. The number of thioether (sulfide) groups is 1. The van der Waals surface area contributed by atoms with Crippen molar-refractivity contribution in [3.8, 4) is 5.75 Å². The first kappa shape index (κ1) is 17.8. The second-order valence-electron chi connectivity index (χ2n) is 5.44. The van der Waals surface area contributed by atoms with E-state index < -0.39 is 11.9 Å². The number of imide groups is 1. The van der Waals surface area contributed by atoms with Crippen molar-refractivity contribution < 1.29 is 19.5 Å². The molecular formula is C18H17N3O4S. The van der Waals surface area contributed by atoms with E-state index in [1.165, 1.54) is 0 Å². The molecule has 0 aliphatic carbocycles. The van der Waals surface area contributed by atoms with E-state index in [-0.39, 0.29) is 11.6 Å². The Morgan fingerprint density at radius 1 is 1.19 bits per heavy atom. The predicted molar refractivity (Wildman–Crippen MR) is 99.6 cm³/mol. The van der Waals surface area contributed by atoms with Crippen molar-refractivity contribution in [2.24, 2.45) is 5.16 Å². The van der Waals surface area contributed by atoms with Gasteiger partial charge < -0.3 is 15.3 Å². The topological polar surface area (TPSA) is 91.2 Å². The third-order valence-electron chi connectivity index (χ3n) is 3.67. The number of anilines is 1. The average molecular weight is 371 g/mol. The summed E-state index contributed by atoms with van der Waals surface area (Å²) in [7, 11) is 0. The van der Waals surface area contributed by atoms with Crippen molar-refractivity contribution in [2.75, 3.05) is 17.6 Å². The second kappa shape index (κ2) is 8.39. The summed E-state index contributed by atoms with van der Waals surface area (Å²) < 4.78 is 5.69. The van der Waals surface area contributed by atoms with Gasteiger partial charge in [0.2, 0.25) is 5.04 Å². The molecule has 7 nitrogen and oxygen atoms in total. The molecular weight excluding hydrogens is 354 g/mol. The van der Waals surface area contributed by atoms with Gasteiger partial charge in [0.05, 0.1) is 0 Å². The lowest BCUT2D eigenvalue weighted by molar-refractivity contribution is -0.121. The first-order valence-electron chi connectivity index (χ1n) is 7.92. The molecule has 0 spiro atoms. The number of amides is 3. The van der Waals surface area contributed by atoms with Crippen LogP contribution < -0.4 is 10.1 Å². The largest absolute Gasteiger partial charge is 0.489 e. The highest BCUT2D eigenvalue weighted by Gasteiger charge is 2.30. The standard InChI is InChI=1S/C18H17N3O4S/c22-17-16(20-24)26-11-10-21(17)18(23)19-14-6-8-15(9-7-14)25-12-13-4-2-1-3-5-13/h1-9,24H,10-12H2,(H,19,23). The van der Waals surface area contributed by atoms with E-state index >= 15 is 0 Å². The first-order chi connectivity index (χ1) is 12.7. The molecule has 1 aliphatic rings. The summed E-state index contributed by atoms with van der Waals surface area (Å²) in [4.78, 5) is 25.3. The molecule has 0 aromatic heterocycles. The predicted octanol–water partition coefficient (Wildman–Crippen LogP) is 3.16. The van der Waals surface area contributed by atoms with Crippen LogP contribution in [0.15, 0.2) is 59.8 Å². The van der Waals surface area contributed by atoms with Crippen molar-refractivity contribution in [2.45, 2.75) is 6.61 Å². The van der Waals surface area contributed by atoms with Gasteiger partial charge in [0, 0.05) is 18.0 Å². The fourth-order valence-corrected chi connectivity index (χ4v) is 3.10. The Morgan fingerprint density at radius 2 is 1.92 bits per heavy atom. The number of hydrogen-bond acceptors (Lipinski definition) is 6. The van der Waals surface area contributed by atoms with Gasteiger partial charge in [0.15, 0.2) is 0 Å². The Labute approximate surface area is 154 Å². The third-order valence-corrected chi connectivity index (χ3v) is 4.59. The quantitative estimate of drug-likeness (QED) is 0.636. The van der Waals surface area contributed by atoms with Crippen LogP contribution in [0, 0.1) is 0 Å². The molecule has 0 unspecified atom stereocenters. The summed E-state index contributed by atoms with van der Waals surface area (Å²) in [5, 5.41) is 14.3. The number of ether oxygens (including phenoxy) is 1. The molecule has 2 aromatic carbocycles. The molecule has 3 amide bonds. The fourth-order valence-electron chi connectivity index (χ4n) is 2.34. The highest BCUT2D eigenvalue weighted by atomic mass is 32.2. The van der Waals surface area contributed by atoms with Gasteiger partial charge in [0.25, 0.3) is 5.91 Å². The third kappa shape index (κ3) is 4.34. The number of carbonyl (C=O) groups is 2. The Kier molecular flexibility index (Phi) is 5.75. The van der Waals surface area contributed by atoms with Gasteiger partial charge in [0.1, 0.15) is 12.4 Å². The van der Waals surface area contributed by atoms with E-state index in [0.717, 1.165) is 22.2 Å². The van der Waals surface area contributed by atoms with E-state index in [0.29, 0.717) is 23.8 Å². The van der Waals surface area contributed by atoms with Crippen LogP contribution in [0.25, 0.3) is 0 Å². The fraction of sp³-hybridized carbons (Fsp3) is 0.167. The van der Waals surface area contributed by atoms with Crippen LogP contribution >= 0.6 is 11.8 Å². The minimum atomic E-state index is -0.607. The number of rotatable bonds is 4. The Morgan fingerprint density at radius 3 is 2.62 bits per heavy atom. The minimum absolute atomic E-state index is 0.0870. The van der Waals surface area contributed by atoms with Gasteiger partial charge in [-0.15, -0.1) is 0 Å². The number of carbonyl (C=O) groups excluding carboxylic acids is 2. The monoisotopic (exact) mass is 371 g/mol. The minimum Gasteiger partial charge on any atom is -0.489 e. The summed E-state index contributed by atoms with van der Waals surface area (Å²) in [6.45, 7) is 0.711. The summed E-state index contributed by atoms with van der Waals surface area (Å²) >= 11 is 1.12. The van der Waals surface area contributed by atoms with Crippen LogP contribution in [0.3, 0.4) is 0 Å². The molecule has 1 saturated heterocycles. The highest BCUT2D eigenvalue weighted by Crippen LogP contribution is 2.19. The summed E-state index contributed by atoms with van der Waals surface area (Å²) in [6.07, 6.45) is 0. The molecule has 2 N–H and O–H groups in total. The maximum absolute atomic E-state index is 12.3. The van der Waals surface area contributed by atoms with Crippen LogP contribution in [0.5, 0.6) is 5.75 Å². The van der Waals surface area contributed by atoms with E-state index in [1.54, 1.807) is 24.3 Å². The van der Waals surface area contributed by atoms with Gasteiger partial charge >= 0.3 is 6.03 Å². The van der Waals surface area contributed by atoms with E-state index in [4.69, 9.17) is 9.94 Å². The van der Waals surface area contributed by atoms with Crippen LogP contribution in [-0.4, -0.2) is 39.4 Å². The van der Waals surface area contributed by atoms with Crippen LogP contribution in [0.2, 0.25) is 0 Å². The van der Waals surface area contributed by atoms with Crippen molar-refractivity contribution in [3.05, 3.63) is 60.2 Å². The molecule has 0 radical (unpaired) electrons. The number of oxime groups is 1. The van der Waals surface area contributed by atoms with E-state index in [9.17, 15) is 9.59 Å². The Bertz CT molecular complexity index is 809. The molecule has 26 heavy (non-hydrogen) atoms. The average Bonchev–Trinajstić information content (AvgIpc) is 2.68. The van der Waals surface area contributed by atoms with Crippen molar-refractivity contribution in [3.63, 3.8) is 0 Å². The van der Waals surface area contributed by atoms with Crippen molar-refractivity contribution in [1.82, 2.24) is 4.90 Å². The zero-order valence-corrected chi connectivity index (χ0v) is 14.6. The lowest BCUT2D eigenvalue weighted by Crippen LogP contribution is -2.47. The van der Waals surface area contributed by atoms with Crippen molar-refractivity contribution >= 4 is 34.4 Å². The molecule has 0 atom stereocenters. The molecule has 1 fully saturated rings. The molecule has 8 heteroatoms. The molecule has 2 aromatic rings. The maximum atomic E-state index is 12.3. The van der Waals surface area contributed by atoms with Gasteiger partial charge in [-0.2, -0.15) is 0 Å². The van der Waals surface area contributed by atoms with E-state index in [1.807, 2.05) is 30.3 Å². The molecule has 3 rings (SSSR count). The number of nitrogens with one attached hydrogen (secondary N) is 1. The van der Waals surface area contributed by atoms with Crippen LogP contribution in [0.4, 0.5) is 10.5 Å². The highest BCUT2D eigenvalue weighted by molar-refractivity contribution is 8.15. The molecule has 0 saturated carbocycles. The van der Waals surface area contributed by atoms with E-state index in [2.05, 4.69) is 10.5 Å². The second-order valence-corrected chi connectivity index (χ2v) is 6.52. The molecule has 0 bridgehead atoms. The number of nitrogens with zero attached hydrogens (tertiary/aromatic N) is 2. The molecule has 1 aliphatic heterocycles. The lowest BCUT2D eigenvalue weighted by atomic mass is 10.2. The van der Waals surface area contributed by atoms with Crippen LogP contribution in [0.1, 0.15) is 5.56 Å². The normalized spacial score (nSPS) is 15.8. The zero-order chi connectivity index (χ0) is 18.4. The van der Waals surface area contributed by atoms with Gasteiger partial charge in [-0.25, -0.2) is 4.79 Å². The maximum Gasteiger partial charge on any atom is 0.328 e. The van der Waals surface area contributed by atoms with Crippen LogP contribution in [-0.2, 0) is 11.4 Å². The van der Waals surface area contributed by atoms with Gasteiger partial charge in [-0.05, 0) is 29.8 Å². The summed E-state index contributed by atoms with van der Waals surface area (Å²) in [6, 6.07) is 16.1. The smallest absolute Gasteiger partial charge is 0.328 e. The van der Waals surface area contributed by atoms with Gasteiger partial charge in [-0.1, -0.05) is 47.2 Å². The lowest BCUT2D eigenvalue weighted by Gasteiger charge is -2.24. The van der Waals surface area contributed by atoms with Crippen molar-refractivity contribution in [1.29, 1.82) is 0 Å². The summed E-state index contributed by atoms with van der Waals surface area (Å²) in [5.41, 5.74) is 1.60. The number of benzene rings is 2.